The summed E-state index contributed by atoms with van der Waals surface area (Å²) in [4.78, 5) is 48.8. The molecule has 2 aromatic rings. The first-order valence-corrected chi connectivity index (χ1v) is 7.36. The van der Waals surface area contributed by atoms with Gasteiger partial charge in [0.2, 0.25) is 5.43 Å². The average molecular weight is 313 g/mol. The van der Waals surface area contributed by atoms with Crippen LogP contribution in [0, 0.1) is 0 Å². The third-order valence-electron chi connectivity index (χ3n) is 3.78. The molecule has 0 radical (unpaired) electrons. The molecular weight excluding hydrogens is 298 g/mol. The molecule has 1 heterocycles. The largest absolute Gasteiger partial charge is 0.486 e. The van der Waals surface area contributed by atoms with Crippen molar-refractivity contribution in [2.45, 2.75) is 26.4 Å². The van der Waals surface area contributed by atoms with Crippen LogP contribution in [0.4, 0.5) is 0 Å². The summed E-state index contributed by atoms with van der Waals surface area (Å²) in [5.41, 5.74) is -0.268. The number of hydrogen-bond donors (Lipinski definition) is 0. The quantitative estimate of drug-likeness (QED) is 0.605. The van der Waals surface area contributed by atoms with E-state index in [2.05, 4.69) is 0 Å². The molecule has 1 aliphatic heterocycles. The molecule has 0 saturated heterocycles. The SMILES string of the molecule is CC(C)Oc1c(CCN2C(=O)c3ccccc3C2=O)c(=O)c1=O. The van der Waals surface area contributed by atoms with Gasteiger partial charge in [0.25, 0.3) is 17.2 Å². The zero-order valence-electron chi connectivity index (χ0n) is 12.8. The normalized spacial score (nSPS) is 14.0. The van der Waals surface area contributed by atoms with Crippen molar-refractivity contribution < 1.29 is 14.3 Å². The first kappa shape index (κ1) is 15.1. The number of amides is 2. The molecule has 0 fully saturated rings. The predicted octanol–water partition coefficient (Wildman–Crippen LogP) is 0.908. The van der Waals surface area contributed by atoms with Crippen LogP contribution < -0.4 is 15.6 Å². The van der Waals surface area contributed by atoms with E-state index in [1.54, 1.807) is 38.1 Å². The lowest BCUT2D eigenvalue weighted by molar-refractivity contribution is 0.0655. The topological polar surface area (TPSA) is 80.8 Å². The summed E-state index contributed by atoms with van der Waals surface area (Å²) in [5, 5.41) is 0. The van der Waals surface area contributed by atoms with Crippen molar-refractivity contribution >= 4 is 11.8 Å². The number of fused-ring (bicyclic) bond motifs is 1. The summed E-state index contributed by atoms with van der Waals surface area (Å²) < 4.78 is 5.33. The fourth-order valence-corrected chi connectivity index (χ4v) is 2.67. The molecule has 23 heavy (non-hydrogen) atoms. The Morgan fingerprint density at radius 2 is 1.52 bits per heavy atom. The smallest absolute Gasteiger partial charge is 0.268 e. The summed E-state index contributed by atoms with van der Waals surface area (Å²) in [7, 11) is 0. The molecule has 2 amide bonds. The molecular formula is C17H15NO5. The number of benzene rings is 1. The fourth-order valence-electron chi connectivity index (χ4n) is 2.67. The van der Waals surface area contributed by atoms with Gasteiger partial charge in [0.05, 0.1) is 22.8 Å². The van der Waals surface area contributed by atoms with Gasteiger partial charge >= 0.3 is 0 Å². The Hall–Kier alpha value is -2.76. The van der Waals surface area contributed by atoms with Crippen molar-refractivity contribution in [3.63, 3.8) is 0 Å². The van der Waals surface area contributed by atoms with Crippen LogP contribution in [0.25, 0.3) is 0 Å². The summed E-state index contributed by atoms with van der Waals surface area (Å²) in [6, 6.07) is 6.58. The first-order valence-electron chi connectivity index (χ1n) is 7.36. The lowest BCUT2D eigenvalue weighted by Crippen LogP contribution is -2.40. The van der Waals surface area contributed by atoms with Crippen LogP contribution in [-0.2, 0) is 6.42 Å². The molecule has 0 bridgehead atoms. The predicted molar refractivity (Wildman–Crippen MR) is 82.6 cm³/mol. The maximum Gasteiger partial charge on any atom is 0.268 e. The number of ether oxygens (including phenoxy) is 1. The van der Waals surface area contributed by atoms with Crippen LogP contribution in [0.1, 0.15) is 40.1 Å². The van der Waals surface area contributed by atoms with Crippen LogP contribution in [0.5, 0.6) is 5.75 Å². The van der Waals surface area contributed by atoms with Gasteiger partial charge in [0.15, 0.2) is 5.75 Å². The van der Waals surface area contributed by atoms with Gasteiger partial charge in [0.1, 0.15) is 0 Å². The molecule has 6 nitrogen and oxygen atoms in total. The third-order valence-corrected chi connectivity index (χ3v) is 3.78. The second-order valence-corrected chi connectivity index (χ2v) is 5.69. The third kappa shape index (κ3) is 2.36. The van der Waals surface area contributed by atoms with Crippen LogP contribution >= 0.6 is 0 Å². The van der Waals surface area contributed by atoms with Crippen molar-refractivity contribution in [3.05, 3.63) is 61.4 Å². The highest BCUT2D eigenvalue weighted by Crippen LogP contribution is 2.23. The fraction of sp³-hybridized carbons (Fsp3) is 0.294. The molecule has 0 aromatic heterocycles. The van der Waals surface area contributed by atoms with Gasteiger partial charge in [-0.1, -0.05) is 12.1 Å². The van der Waals surface area contributed by atoms with E-state index in [0.29, 0.717) is 11.1 Å². The maximum absolute atomic E-state index is 12.2. The number of carbonyl (C=O) groups excluding carboxylic acids is 2. The highest BCUT2D eigenvalue weighted by molar-refractivity contribution is 6.21. The molecule has 0 atom stereocenters. The van der Waals surface area contributed by atoms with E-state index in [1.165, 1.54) is 0 Å². The minimum atomic E-state index is -0.643. The van der Waals surface area contributed by atoms with E-state index >= 15 is 0 Å². The van der Waals surface area contributed by atoms with E-state index in [0.717, 1.165) is 4.90 Å². The summed E-state index contributed by atoms with van der Waals surface area (Å²) >= 11 is 0. The van der Waals surface area contributed by atoms with Crippen molar-refractivity contribution in [3.8, 4) is 5.75 Å². The Labute approximate surface area is 132 Å². The molecule has 6 heteroatoms. The van der Waals surface area contributed by atoms with Crippen LogP contribution in [0.2, 0.25) is 0 Å². The monoisotopic (exact) mass is 313 g/mol. The van der Waals surface area contributed by atoms with E-state index < -0.39 is 10.9 Å². The van der Waals surface area contributed by atoms with Gasteiger partial charge in [-0.15, -0.1) is 0 Å². The standard InChI is InChI=1S/C17H15NO5/c1-9(2)23-15-12(13(19)14(15)20)7-8-18-16(21)10-5-3-4-6-11(10)17(18)22/h3-6,9H,7-8H2,1-2H3. The molecule has 0 saturated carbocycles. The van der Waals surface area contributed by atoms with Crippen LogP contribution in [-0.4, -0.2) is 29.4 Å². The zero-order chi connectivity index (χ0) is 16.7. The Balaban J connectivity index is 1.77. The highest BCUT2D eigenvalue weighted by atomic mass is 16.5. The number of rotatable bonds is 5. The van der Waals surface area contributed by atoms with Crippen molar-refractivity contribution in [2.24, 2.45) is 0 Å². The Morgan fingerprint density at radius 1 is 0.957 bits per heavy atom. The lowest BCUT2D eigenvalue weighted by atomic mass is 10.1. The van der Waals surface area contributed by atoms with Gasteiger partial charge < -0.3 is 4.74 Å². The van der Waals surface area contributed by atoms with Gasteiger partial charge in [-0.05, 0) is 32.4 Å². The van der Waals surface area contributed by atoms with Crippen molar-refractivity contribution in [1.29, 1.82) is 0 Å². The van der Waals surface area contributed by atoms with Gasteiger partial charge in [-0.2, -0.15) is 0 Å². The molecule has 1 aliphatic rings. The van der Waals surface area contributed by atoms with E-state index in [-0.39, 0.29) is 42.2 Å². The van der Waals surface area contributed by atoms with E-state index in [4.69, 9.17) is 4.74 Å². The van der Waals surface area contributed by atoms with Gasteiger partial charge in [-0.3, -0.25) is 24.1 Å². The van der Waals surface area contributed by atoms with Crippen LogP contribution in [0.15, 0.2) is 33.9 Å². The number of carbonyl (C=O) groups is 2. The van der Waals surface area contributed by atoms with E-state index in [9.17, 15) is 19.2 Å². The molecule has 0 aliphatic carbocycles. The number of nitrogens with zero attached hydrogens (tertiary/aromatic N) is 1. The summed E-state index contributed by atoms with van der Waals surface area (Å²) in [5.74, 6) is -0.701. The molecule has 0 unspecified atom stereocenters. The maximum atomic E-state index is 12.2. The number of hydrogen-bond acceptors (Lipinski definition) is 5. The molecule has 118 valence electrons. The highest BCUT2D eigenvalue weighted by Gasteiger charge is 2.35. The molecule has 0 spiro atoms. The molecule has 2 aromatic carbocycles. The summed E-state index contributed by atoms with van der Waals surface area (Å²) in [6.07, 6.45) is -0.102. The Kier molecular flexibility index (Phi) is 3.60. The summed E-state index contributed by atoms with van der Waals surface area (Å²) in [6.45, 7) is 3.56. The van der Waals surface area contributed by atoms with Crippen molar-refractivity contribution in [2.75, 3.05) is 6.54 Å². The van der Waals surface area contributed by atoms with Gasteiger partial charge in [-0.25, -0.2) is 0 Å². The Bertz CT molecular complexity index is 838. The molecule has 3 rings (SSSR count). The minimum Gasteiger partial charge on any atom is -0.486 e. The second kappa shape index (κ2) is 5.46. The van der Waals surface area contributed by atoms with Gasteiger partial charge in [0, 0.05) is 6.54 Å². The second-order valence-electron chi connectivity index (χ2n) is 5.69. The lowest BCUT2D eigenvalue weighted by Gasteiger charge is -2.17. The Morgan fingerprint density at radius 3 is 2.04 bits per heavy atom. The zero-order valence-corrected chi connectivity index (χ0v) is 12.8. The first-order chi connectivity index (χ1) is 10.9. The van der Waals surface area contributed by atoms with Crippen molar-refractivity contribution in [1.82, 2.24) is 4.90 Å². The molecule has 0 N–H and O–H groups in total. The van der Waals surface area contributed by atoms with Crippen LogP contribution in [0.3, 0.4) is 0 Å². The number of imide groups is 1. The minimum absolute atomic E-state index is 0.0473. The van der Waals surface area contributed by atoms with E-state index in [1.807, 2.05) is 0 Å². The average Bonchev–Trinajstić information content (AvgIpc) is 2.78.